The van der Waals surface area contributed by atoms with E-state index in [0.717, 1.165) is 23.1 Å². The summed E-state index contributed by atoms with van der Waals surface area (Å²) in [6.45, 7) is 11.4. The largest absolute Gasteiger partial charge is 0.382 e. The van der Waals surface area contributed by atoms with Crippen molar-refractivity contribution in [1.29, 1.82) is 0 Å². The van der Waals surface area contributed by atoms with Crippen LogP contribution in [0.15, 0.2) is 31.4 Å². The second-order valence-corrected chi connectivity index (χ2v) is 5.42. The van der Waals surface area contributed by atoms with E-state index in [2.05, 4.69) is 18.5 Å². The molecule has 1 aromatic carbocycles. The molecule has 3 atom stereocenters. The van der Waals surface area contributed by atoms with Crippen molar-refractivity contribution in [3.05, 3.63) is 48.0 Å². The van der Waals surface area contributed by atoms with Gasteiger partial charge < -0.3 is 16.2 Å². The molecule has 0 aromatic heterocycles. The number of carbonyl (C=O) groups is 1. The molecule has 0 fully saturated rings. The monoisotopic (exact) mass is 302 g/mol. The van der Waals surface area contributed by atoms with Crippen LogP contribution >= 0.6 is 0 Å². The zero-order valence-electron chi connectivity index (χ0n) is 13.4. The normalized spacial score (nSPS) is 14.7. The Labute approximate surface area is 132 Å². The number of nitrogens with one attached hydrogen (secondary N) is 1. The molecule has 3 unspecified atom stereocenters. The number of nitrogens with two attached hydrogens (primary N) is 1. The smallest absolute Gasteiger partial charge is 0.250 e. The molecule has 4 nitrogen and oxygen atoms in total. The Bertz CT molecular complexity index is 540. The summed E-state index contributed by atoms with van der Waals surface area (Å²) >= 11 is 0. The molecule has 0 spiro atoms. The predicted molar refractivity (Wildman–Crippen MR) is 92.1 cm³/mol. The van der Waals surface area contributed by atoms with Crippen molar-refractivity contribution in [3.63, 3.8) is 0 Å². The third-order valence-electron chi connectivity index (χ3n) is 3.71. The molecular weight excluding hydrogens is 276 g/mol. The van der Waals surface area contributed by atoms with Crippen molar-refractivity contribution in [1.82, 2.24) is 5.32 Å². The summed E-state index contributed by atoms with van der Waals surface area (Å²) in [5, 5.41) is 12.7. The van der Waals surface area contributed by atoms with Gasteiger partial charge in [0.25, 0.3) is 5.91 Å². The fourth-order valence-electron chi connectivity index (χ4n) is 2.29. The van der Waals surface area contributed by atoms with Crippen LogP contribution in [-0.2, 0) is 4.79 Å². The predicted octanol–water partition coefficient (Wildman–Crippen LogP) is 2.64. The zero-order chi connectivity index (χ0) is 16.7. The zero-order valence-corrected chi connectivity index (χ0v) is 13.4. The van der Waals surface area contributed by atoms with Crippen LogP contribution in [0.4, 0.5) is 0 Å². The summed E-state index contributed by atoms with van der Waals surface area (Å²) in [6.07, 6.45) is 3.76. The molecule has 120 valence electrons. The van der Waals surface area contributed by atoms with Crippen LogP contribution in [0.1, 0.15) is 49.4 Å². The van der Waals surface area contributed by atoms with Crippen LogP contribution < -0.4 is 11.1 Å². The molecule has 0 heterocycles. The number of rotatable bonds is 8. The molecule has 0 aliphatic carbocycles. The number of carbonyl (C=O) groups excluding carboxylic acids is 1. The molecular formula is C18H26N2O2. The summed E-state index contributed by atoms with van der Waals surface area (Å²) in [6, 6.07) is 5.04. The summed E-state index contributed by atoms with van der Waals surface area (Å²) in [5.41, 5.74) is 8.67. The van der Waals surface area contributed by atoms with Crippen LogP contribution in [0, 0.1) is 0 Å². The fourth-order valence-corrected chi connectivity index (χ4v) is 2.29. The van der Waals surface area contributed by atoms with Gasteiger partial charge in [0.05, 0.1) is 6.04 Å². The third kappa shape index (κ3) is 4.55. The van der Waals surface area contributed by atoms with Crippen molar-refractivity contribution in [3.8, 4) is 0 Å². The van der Waals surface area contributed by atoms with Gasteiger partial charge in [-0.15, -0.1) is 0 Å². The lowest BCUT2D eigenvalue weighted by Gasteiger charge is -2.21. The minimum Gasteiger partial charge on any atom is -0.382 e. The van der Waals surface area contributed by atoms with E-state index < -0.39 is 18.1 Å². The van der Waals surface area contributed by atoms with E-state index in [1.165, 1.54) is 0 Å². The van der Waals surface area contributed by atoms with Gasteiger partial charge in [-0.3, -0.25) is 4.79 Å². The van der Waals surface area contributed by atoms with E-state index in [9.17, 15) is 9.90 Å². The second-order valence-electron chi connectivity index (χ2n) is 5.42. The third-order valence-corrected chi connectivity index (χ3v) is 3.71. The van der Waals surface area contributed by atoms with Crippen LogP contribution in [0.5, 0.6) is 0 Å². The maximum atomic E-state index is 12.0. The number of hydrogen-bond donors (Lipinski definition) is 3. The molecule has 1 amide bonds. The highest BCUT2D eigenvalue weighted by molar-refractivity contribution is 5.81. The number of aliphatic hydroxyl groups is 1. The molecule has 1 aromatic rings. The van der Waals surface area contributed by atoms with Crippen molar-refractivity contribution in [2.45, 2.75) is 44.9 Å². The maximum Gasteiger partial charge on any atom is 0.250 e. The van der Waals surface area contributed by atoms with Gasteiger partial charge in [-0.1, -0.05) is 50.8 Å². The minimum atomic E-state index is -1.19. The standard InChI is InChI=1S/C18H26N2O2/c1-5-8-16(19)17(21)18(22)20-12(4)15-10-9-13(6-2)14(7-3)11-15/h6-7,9-12,16-17,21H,2-3,5,8,19H2,1,4H3,(H,20,22). The Balaban J connectivity index is 2.80. The molecule has 0 aliphatic rings. The molecule has 0 bridgehead atoms. The van der Waals surface area contributed by atoms with Crippen LogP contribution in [0.3, 0.4) is 0 Å². The Morgan fingerprint density at radius 2 is 2.00 bits per heavy atom. The van der Waals surface area contributed by atoms with Gasteiger partial charge in [0, 0.05) is 6.04 Å². The highest BCUT2D eigenvalue weighted by Crippen LogP contribution is 2.20. The second kappa shape index (κ2) is 8.51. The van der Waals surface area contributed by atoms with Crippen molar-refractivity contribution in [2.24, 2.45) is 5.73 Å². The number of hydrogen-bond acceptors (Lipinski definition) is 3. The molecule has 22 heavy (non-hydrogen) atoms. The van der Waals surface area contributed by atoms with E-state index in [-0.39, 0.29) is 6.04 Å². The van der Waals surface area contributed by atoms with Gasteiger partial charge in [0.15, 0.2) is 0 Å². The lowest BCUT2D eigenvalue weighted by Crippen LogP contribution is -2.46. The van der Waals surface area contributed by atoms with Gasteiger partial charge in [0.2, 0.25) is 0 Å². The topological polar surface area (TPSA) is 75.3 Å². The minimum absolute atomic E-state index is 0.228. The summed E-state index contributed by atoms with van der Waals surface area (Å²) < 4.78 is 0. The van der Waals surface area contributed by atoms with E-state index >= 15 is 0 Å². The van der Waals surface area contributed by atoms with Crippen molar-refractivity contribution in [2.75, 3.05) is 0 Å². The van der Waals surface area contributed by atoms with E-state index in [0.29, 0.717) is 6.42 Å². The molecule has 0 radical (unpaired) electrons. The van der Waals surface area contributed by atoms with Gasteiger partial charge in [-0.25, -0.2) is 0 Å². The van der Waals surface area contributed by atoms with Gasteiger partial charge in [-0.2, -0.15) is 0 Å². The average molecular weight is 302 g/mol. The first-order valence-electron chi connectivity index (χ1n) is 7.57. The first kappa shape index (κ1) is 18.1. The molecule has 1 rings (SSSR count). The molecule has 4 heteroatoms. The lowest BCUT2D eigenvalue weighted by atomic mass is 9.99. The molecule has 4 N–H and O–H groups in total. The summed E-state index contributed by atoms with van der Waals surface area (Å²) in [7, 11) is 0. The maximum absolute atomic E-state index is 12.0. The number of amides is 1. The lowest BCUT2D eigenvalue weighted by molar-refractivity contribution is -0.131. The van der Waals surface area contributed by atoms with Crippen molar-refractivity contribution < 1.29 is 9.90 Å². The van der Waals surface area contributed by atoms with Gasteiger partial charge in [-0.05, 0) is 36.1 Å². The van der Waals surface area contributed by atoms with Crippen LogP contribution in [0.25, 0.3) is 12.2 Å². The molecule has 0 saturated carbocycles. The highest BCUT2D eigenvalue weighted by atomic mass is 16.3. The Morgan fingerprint density at radius 3 is 2.55 bits per heavy atom. The van der Waals surface area contributed by atoms with Gasteiger partial charge >= 0.3 is 0 Å². The molecule has 0 aliphatic heterocycles. The highest BCUT2D eigenvalue weighted by Gasteiger charge is 2.23. The van der Waals surface area contributed by atoms with Gasteiger partial charge in [0.1, 0.15) is 6.10 Å². The number of aliphatic hydroxyl groups excluding tert-OH is 1. The Morgan fingerprint density at radius 1 is 1.36 bits per heavy atom. The Hall–Kier alpha value is -1.91. The first-order valence-corrected chi connectivity index (χ1v) is 7.57. The van der Waals surface area contributed by atoms with E-state index in [4.69, 9.17) is 5.73 Å². The summed E-state index contributed by atoms with van der Waals surface area (Å²) in [5.74, 6) is -0.443. The fraction of sp³-hybridized carbons (Fsp3) is 0.389. The SMILES string of the molecule is C=Cc1ccc(C(C)NC(=O)C(O)C(N)CCC)cc1C=C. The molecule has 0 saturated heterocycles. The van der Waals surface area contributed by atoms with E-state index in [1.54, 1.807) is 12.2 Å². The summed E-state index contributed by atoms with van der Waals surface area (Å²) in [4.78, 5) is 12.0. The Kier molecular flexibility index (Phi) is 7.02. The number of benzene rings is 1. The average Bonchev–Trinajstić information content (AvgIpc) is 2.53. The van der Waals surface area contributed by atoms with Crippen LogP contribution in [-0.4, -0.2) is 23.2 Å². The van der Waals surface area contributed by atoms with E-state index in [1.807, 2.05) is 32.0 Å². The van der Waals surface area contributed by atoms with Crippen LogP contribution in [0.2, 0.25) is 0 Å². The van der Waals surface area contributed by atoms with Crippen molar-refractivity contribution >= 4 is 18.1 Å². The first-order chi connectivity index (χ1) is 10.4. The quantitative estimate of drug-likeness (QED) is 0.691.